The Hall–Kier alpha value is -2.21. The van der Waals surface area contributed by atoms with Crippen LogP contribution in [-0.2, 0) is 0 Å². The van der Waals surface area contributed by atoms with Gasteiger partial charge in [-0.2, -0.15) is 0 Å². The van der Waals surface area contributed by atoms with Gasteiger partial charge >= 0.3 is 5.97 Å². The molecule has 0 fully saturated rings. The Kier molecular flexibility index (Phi) is 3.38. The zero-order chi connectivity index (χ0) is 13.1. The molecule has 0 aliphatic carbocycles. The van der Waals surface area contributed by atoms with Crippen LogP contribution in [-0.4, -0.2) is 16.9 Å². The summed E-state index contributed by atoms with van der Waals surface area (Å²) in [5.74, 6) is -0.704. The molecular weight excluding hydrogens is 252 g/mol. The summed E-state index contributed by atoms with van der Waals surface area (Å²) >= 11 is 1.38. The van der Waals surface area contributed by atoms with Crippen LogP contribution in [0, 0.1) is 6.92 Å². The minimum absolute atomic E-state index is 0.275. The number of nitrogens with zero attached hydrogens (tertiary/aromatic N) is 1. The number of rotatable bonds is 3. The molecule has 0 saturated carbocycles. The number of hydrogen-bond acceptors (Lipinski definition) is 5. The fraction of sp³-hybridized carbons (Fsp3) is 0.0833. The first-order chi connectivity index (χ1) is 8.56. The molecule has 2 N–H and O–H groups in total. The summed E-state index contributed by atoms with van der Waals surface area (Å²) in [6.45, 7) is 1.81. The highest BCUT2D eigenvalue weighted by molar-refractivity contribution is 7.09. The number of aromatic nitrogens is 1. The second-order valence-corrected chi connectivity index (χ2v) is 4.59. The van der Waals surface area contributed by atoms with Gasteiger partial charge in [-0.3, -0.25) is 4.79 Å². The van der Waals surface area contributed by atoms with Gasteiger partial charge in [-0.05, 0) is 31.2 Å². The third-order valence-corrected chi connectivity index (χ3v) is 2.95. The second-order valence-electron chi connectivity index (χ2n) is 3.53. The van der Waals surface area contributed by atoms with Crippen LogP contribution in [0.3, 0.4) is 0 Å². The van der Waals surface area contributed by atoms with Gasteiger partial charge in [0.1, 0.15) is 5.75 Å². The Morgan fingerprint density at radius 1 is 1.28 bits per heavy atom. The van der Waals surface area contributed by atoms with Crippen molar-refractivity contribution in [2.75, 3.05) is 0 Å². The number of hydrogen-bond donors (Lipinski definition) is 1. The number of carbonyl (C=O) groups excluding carboxylic acids is 2. The van der Waals surface area contributed by atoms with Crippen LogP contribution in [0.15, 0.2) is 29.6 Å². The van der Waals surface area contributed by atoms with E-state index in [4.69, 9.17) is 10.5 Å². The summed E-state index contributed by atoms with van der Waals surface area (Å²) < 4.78 is 5.10. The van der Waals surface area contributed by atoms with Crippen molar-refractivity contribution in [3.8, 4) is 5.75 Å². The number of ether oxygens (including phenoxy) is 1. The molecule has 0 aliphatic rings. The first-order valence-electron chi connectivity index (χ1n) is 5.10. The number of benzene rings is 1. The molecular formula is C12H10N2O3S. The molecule has 5 nitrogen and oxygen atoms in total. The normalized spacial score (nSPS) is 10.1. The van der Waals surface area contributed by atoms with Gasteiger partial charge in [-0.1, -0.05) is 0 Å². The summed E-state index contributed by atoms with van der Waals surface area (Å²) in [5.41, 5.74) is 5.74. The molecule has 18 heavy (non-hydrogen) atoms. The molecule has 1 aromatic heterocycles. The van der Waals surface area contributed by atoms with Crippen LogP contribution in [0.1, 0.15) is 25.9 Å². The van der Waals surface area contributed by atoms with Gasteiger partial charge < -0.3 is 10.5 Å². The Morgan fingerprint density at radius 3 is 2.44 bits per heavy atom. The standard InChI is InChI=1S/C12H10N2O3S/c1-7-14-10(6-18-7)12(16)17-9-4-2-8(3-5-9)11(13)15/h2-6H,1H3,(H2,13,15). The second kappa shape index (κ2) is 4.97. The third kappa shape index (κ3) is 2.72. The van der Waals surface area contributed by atoms with Crippen LogP contribution >= 0.6 is 11.3 Å². The molecule has 2 aromatic rings. The lowest BCUT2D eigenvalue weighted by Gasteiger charge is -2.02. The lowest BCUT2D eigenvalue weighted by atomic mass is 10.2. The van der Waals surface area contributed by atoms with E-state index in [-0.39, 0.29) is 5.69 Å². The van der Waals surface area contributed by atoms with Gasteiger partial charge in [0.2, 0.25) is 5.91 Å². The van der Waals surface area contributed by atoms with E-state index < -0.39 is 11.9 Å². The molecule has 1 heterocycles. The largest absolute Gasteiger partial charge is 0.422 e. The average Bonchev–Trinajstić information content (AvgIpc) is 2.76. The Bertz CT molecular complexity index is 590. The zero-order valence-corrected chi connectivity index (χ0v) is 10.4. The molecule has 1 aromatic carbocycles. The highest BCUT2D eigenvalue weighted by Gasteiger charge is 2.12. The van der Waals surface area contributed by atoms with Gasteiger partial charge in [0, 0.05) is 10.9 Å². The van der Waals surface area contributed by atoms with Crippen molar-refractivity contribution in [2.45, 2.75) is 6.92 Å². The smallest absolute Gasteiger partial charge is 0.363 e. The number of carbonyl (C=O) groups is 2. The lowest BCUT2D eigenvalue weighted by molar-refractivity contribution is 0.0729. The third-order valence-electron chi connectivity index (χ3n) is 2.18. The summed E-state index contributed by atoms with van der Waals surface area (Å²) in [5, 5.41) is 2.43. The molecule has 92 valence electrons. The van der Waals surface area contributed by atoms with E-state index in [1.54, 1.807) is 5.38 Å². The first-order valence-corrected chi connectivity index (χ1v) is 5.98. The Labute approximate surface area is 107 Å². The molecule has 0 spiro atoms. The summed E-state index contributed by atoms with van der Waals surface area (Å²) in [7, 11) is 0. The molecule has 6 heteroatoms. The Balaban J connectivity index is 2.10. The minimum atomic E-state index is -0.525. The SMILES string of the molecule is Cc1nc(C(=O)Oc2ccc(C(N)=O)cc2)cs1. The summed E-state index contributed by atoms with van der Waals surface area (Å²) in [6, 6.07) is 6.02. The van der Waals surface area contributed by atoms with E-state index in [2.05, 4.69) is 4.98 Å². The molecule has 0 unspecified atom stereocenters. The van der Waals surface area contributed by atoms with Gasteiger partial charge in [0.05, 0.1) is 5.01 Å². The van der Waals surface area contributed by atoms with Crippen molar-refractivity contribution >= 4 is 23.2 Å². The average molecular weight is 262 g/mol. The predicted molar refractivity (Wildman–Crippen MR) is 66.8 cm³/mol. The lowest BCUT2D eigenvalue weighted by Crippen LogP contribution is -2.11. The number of thiazole rings is 1. The van der Waals surface area contributed by atoms with Crippen LogP contribution in [0.25, 0.3) is 0 Å². The van der Waals surface area contributed by atoms with E-state index in [1.165, 1.54) is 35.6 Å². The van der Waals surface area contributed by atoms with Crippen molar-refractivity contribution < 1.29 is 14.3 Å². The van der Waals surface area contributed by atoms with E-state index in [1.807, 2.05) is 6.92 Å². The molecule has 0 bridgehead atoms. The first kappa shape index (κ1) is 12.3. The van der Waals surface area contributed by atoms with Gasteiger partial charge in [0.25, 0.3) is 0 Å². The topological polar surface area (TPSA) is 82.3 Å². The highest BCUT2D eigenvalue weighted by atomic mass is 32.1. The number of amides is 1. The van der Waals surface area contributed by atoms with Crippen molar-refractivity contribution in [1.82, 2.24) is 4.98 Å². The van der Waals surface area contributed by atoms with E-state index in [9.17, 15) is 9.59 Å². The van der Waals surface area contributed by atoms with Crippen molar-refractivity contribution in [3.05, 3.63) is 45.9 Å². The molecule has 1 amide bonds. The number of aryl methyl sites for hydroxylation is 1. The Morgan fingerprint density at radius 2 is 1.94 bits per heavy atom. The molecule has 0 saturated heterocycles. The van der Waals surface area contributed by atoms with Crippen LogP contribution in [0.2, 0.25) is 0 Å². The highest BCUT2D eigenvalue weighted by Crippen LogP contribution is 2.15. The zero-order valence-electron chi connectivity index (χ0n) is 9.54. The number of primary amides is 1. The van der Waals surface area contributed by atoms with Crippen LogP contribution < -0.4 is 10.5 Å². The van der Waals surface area contributed by atoms with Gasteiger partial charge in [-0.15, -0.1) is 11.3 Å². The van der Waals surface area contributed by atoms with Crippen molar-refractivity contribution in [2.24, 2.45) is 5.73 Å². The maximum atomic E-state index is 11.7. The molecule has 0 atom stereocenters. The monoisotopic (exact) mass is 262 g/mol. The fourth-order valence-electron chi connectivity index (χ4n) is 1.30. The molecule has 0 radical (unpaired) electrons. The van der Waals surface area contributed by atoms with Gasteiger partial charge in [-0.25, -0.2) is 9.78 Å². The molecule has 0 aliphatic heterocycles. The summed E-state index contributed by atoms with van der Waals surface area (Å²) in [6.07, 6.45) is 0. The maximum absolute atomic E-state index is 11.7. The minimum Gasteiger partial charge on any atom is -0.422 e. The van der Waals surface area contributed by atoms with Crippen molar-refractivity contribution in [1.29, 1.82) is 0 Å². The van der Waals surface area contributed by atoms with E-state index in [0.717, 1.165) is 5.01 Å². The number of nitrogens with two attached hydrogens (primary N) is 1. The number of esters is 1. The fourth-order valence-corrected chi connectivity index (χ4v) is 1.89. The van der Waals surface area contributed by atoms with Crippen molar-refractivity contribution in [3.63, 3.8) is 0 Å². The van der Waals surface area contributed by atoms with E-state index >= 15 is 0 Å². The maximum Gasteiger partial charge on any atom is 0.363 e. The van der Waals surface area contributed by atoms with Crippen LogP contribution in [0.5, 0.6) is 5.75 Å². The van der Waals surface area contributed by atoms with E-state index in [0.29, 0.717) is 11.3 Å². The van der Waals surface area contributed by atoms with Gasteiger partial charge in [0.15, 0.2) is 5.69 Å². The summed E-state index contributed by atoms with van der Waals surface area (Å²) in [4.78, 5) is 26.6. The molecule has 2 rings (SSSR count). The van der Waals surface area contributed by atoms with Crippen LogP contribution in [0.4, 0.5) is 0 Å². The predicted octanol–water partition coefficient (Wildman–Crippen LogP) is 1.77. The quantitative estimate of drug-likeness (QED) is 0.675.